The topological polar surface area (TPSA) is 72.9 Å². The van der Waals surface area contributed by atoms with Crippen molar-refractivity contribution in [2.75, 3.05) is 6.54 Å². The van der Waals surface area contributed by atoms with E-state index in [-0.39, 0.29) is 11.9 Å². The van der Waals surface area contributed by atoms with Crippen LogP contribution in [0.4, 0.5) is 0 Å². The van der Waals surface area contributed by atoms with Gasteiger partial charge in [0.05, 0.1) is 21.5 Å². The first kappa shape index (κ1) is 17.8. The molecule has 1 atom stereocenters. The molecule has 0 fully saturated rings. The minimum Gasteiger partial charge on any atom is -0.344 e. The number of carbonyl (C=O) groups is 1. The summed E-state index contributed by atoms with van der Waals surface area (Å²) in [6.45, 7) is 0.508. The standard InChI is InChI=1S/C18H19BrN4OS/c1-23-15(8-10-21-23)17-13(19)11-16(25-17)18(24)22-14(7-9-20)12-5-3-2-4-6-12/h2-6,8,10-11,14H,7,9,20H2,1H3,(H,22,24). The number of amides is 1. The van der Waals surface area contributed by atoms with Gasteiger partial charge in [-0.15, -0.1) is 11.3 Å². The number of aryl methyl sites for hydroxylation is 1. The molecule has 2 aromatic heterocycles. The summed E-state index contributed by atoms with van der Waals surface area (Å²) in [6.07, 6.45) is 2.44. The molecule has 2 heterocycles. The molecular formula is C18H19BrN4OS. The van der Waals surface area contributed by atoms with Gasteiger partial charge < -0.3 is 11.1 Å². The van der Waals surface area contributed by atoms with Crippen molar-refractivity contribution < 1.29 is 4.79 Å². The third-order valence-corrected chi connectivity index (χ3v) is 5.97. The molecular weight excluding hydrogens is 400 g/mol. The van der Waals surface area contributed by atoms with E-state index in [1.165, 1.54) is 11.3 Å². The molecule has 3 N–H and O–H groups in total. The summed E-state index contributed by atoms with van der Waals surface area (Å²) in [6, 6.07) is 13.6. The third kappa shape index (κ3) is 4.00. The number of aromatic nitrogens is 2. The first-order chi connectivity index (χ1) is 12.1. The first-order valence-electron chi connectivity index (χ1n) is 7.93. The number of nitrogens with one attached hydrogen (secondary N) is 1. The fourth-order valence-electron chi connectivity index (χ4n) is 2.66. The van der Waals surface area contributed by atoms with Crippen LogP contribution in [0, 0.1) is 0 Å². The normalized spacial score (nSPS) is 12.1. The van der Waals surface area contributed by atoms with E-state index < -0.39 is 0 Å². The van der Waals surface area contributed by atoms with Crippen molar-refractivity contribution in [2.45, 2.75) is 12.5 Å². The molecule has 1 unspecified atom stereocenters. The van der Waals surface area contributed by atoms with Crippen molar-refractivity contribution in [1.29, 1.82) is 0 Å². The van der Waals surface area contributed by atoms with Gasteiger partial charge >= 0.3 is 0 Å². The Balaban J connectivity index is 1.82. The maximum Gasteiger partial charge on any atom is 0.261 e. The van der Waals surface area contributed by atoms with Crippen LogP contribution in [-0.4, -0.2) is 22.2 Å². The lowest BCUT2D eigenvalue weighted by atomic mass is 10.0. The van der Waals surface area contributed by atoms with Gasteiger partial charge in [-0.3, -0.25) is 9.48 Å². The molecule has 5 nitrogen and oxygen atoms in total. The quantitative estimate of drug-likeness (QED) is 0.640. The molecule has 0 aliphatic carbocycles. The fraction of sp³-hybridized carbons (Fsp3) is 0.222. The van der Waals surface area contributed by atoms with Crippen LogP contribution in [0.25, 0.3) is 10.6 Å². The number of benzene rings is 1. The fourth-order valence-corrected chi connectivity index (χ4v) is 4.49. The lowest BCUT2D eigenvalue weighted by molar-refractivity contribution is 0.0939. The van der Waals surface area contributed by atoms with Gasteiger partial charge in [-0.25, -0.2) is 0 Å². The Kier molecular flexibility index (Phi) is 5.67. The number of hydrogen-bond acceptors (Lipinski definition) is 4. The summed E-state index contributed by atoms with van der Waals surface area (Å²) in [7, 11) is 1.88. The Labute approximate surface area is 159 Å². The van der Waals surface area contributed by atoms with Crippen LogP contribution in [-0.2, 0) is 7.05 Å². The highest BCUT2D eigenvalue weighted by molar-refractivity contribution is 9.10. The molecule has 0 saturated heterocycles. The van der Waals surface area contributed by atoms with E-state index in [1.54, 1.807) is 10.9 Å². The number of hydrogen-bond donors (Lipinski definition) is 2. The van der Waals surface area contributed by atoms with E-state index in [0.29, 0.717) is 17.8 Å². The maximum absolute atomic E-state index is 12.7. The summed E-state index contributed by atoms with van der Waals surface area (Å²) in [5.74, 6) is -0.0959. The molecule has 0 spiro atoms. The van der Waals surface area contributed by atoms with Crippen LogP contribution >= 0.6 is 27.3 Å². The van der Waals surface area contributed by atoms with Gasteiger partial charge in [-0.1, -0.05) is 30.3 Å². The number of carbonyl (C=O) groups excluding carboxylic acids is 1. The average Bonchev–Trinajstić information content (AvgIpc) is 3.20. The van der Waals surface area contributed by atoms with Gasteiger partial charge in [0.15, 0.2) is 0 Å². The van der Waals surface area contributed by atoms with Crippen molar-refractivity contribution in [3.8, 4) is 10.6 Å². The highest BCUT2D eigenvalue weighted by Crippen LogP contribution is 2.36. The number of nitrogens with zero attached hydrogens (tertiary/aromatic N) is 2. The van der Waals surface area contributed by atoms with Gasteiger partial charge in [0.25, 0.3) is 5.91 Å². The third-order valence-electron chi connectivity index (χ3n) is 3.93. The van der Waals surface area contributed by atoms with Gasteiger partial charge in [-0.05, 0) is 46.6 Å². The van der Waals surface area contributed by atoms with E-state index in [2.05, 4.69) is 26.3 Å². The molecule has 3 rings (SSSR count). The maximum atomic E-state index is 12.7. The second-order valence-electron chi connectivity index (χ2n) is 5.64. The van der Waals surface area contributed by atoms with Crippen LogP contribution in [0.2, 0.25) is 0 Å². The molecule has 25 heavy (non-hydrogen) atoms. The largest absolute Gasteiger partial charge is 0.344 e. The Morgan fingerprint density at radius 3 is 2.76 bits per heavy atom. The highest BCUT2D eigenvalue weighted by Gasteiger charge is 2.19. The van der Waals surface area contributed by atoms with Crippen molar-refractivity contribution in [3.05, 3.63) is 63.6 Å². The molecule has 3 aromatic rings. The number of rotatable bonds is 6. The predicted molar refractivity (Wildman–Crippen MR) is 105 cm³/mol. The predicted octanol–water partition coefficient (Wildman–Crippen LogP) is 3.73. The molecule has 0 radical (unpaired) electrons. The zero-order chi connectivity index (χ0) is 17.8. The summed E-state index contributed by atoms with van der Waals surface area (Å²) in [5, 5.41) is 7.29. The minimum absolute atomic E-state index is 0.0959. The van der Waals surface area contributed by atoms with Gasteiger partial charge in [0.1, 0.15) is 0 Å². The molecule has 0 aliphatic heterocycles. The summed E-state index contributed by atoms with van der Waals surface area (Å²) in [5.41, 5.74) is 7.75. The Morgan fingerprint density at radius 2 is 2.12 bits per heavy atom. The summed E-state index contributed by atoms with van der Waals surface area (Å²) in [4.78, 5) is 14.4. The average molecular weight is 419 g/mol. The Morgan fingerprint density at radius 1 is 1.36 bits per heavy atom. The SMILES string of the molecule is Cn1nccc1-c1sc(C(=O)NC(CCN)c2ccccc2)cc1Br. The second kappa shape index (κ2) is 7.95. The van der Waals surface area contributed by atoms with E-state index in [0.717, 1.165) is 20.6 Å². The van der Waals surface area contributed by atoms with Crippen molar-refractivity contribution in [3.63, 3.8) is 0 Å². The molecule has 1 aromatic carbocycles. The first-order valence-corrected chi connectivity index (χ1v) is 9.54. The van der Waals surface area contributed by atoms with E-state index in [9.17, 15) is 4.79 Å². The summed E-state index contributed by atoms with van der Waals surface area (Å²) < 4.78 is 2.68. The zero-order valence-electron chi connectivity index (χ0n) is 13.8. The highest BCUT2D eigenvalue weighted by atomic mass is 79.9. The number of nitrogens with two attached hydrogens (primary N) is 1. The Bertz CT molecular complexity index is 859. The molecule has 0 bridgehead atoms. The second-order valence-corrected chi connectivity index (χ2v) is 7.55. The molecule has 1 amide bonds. The minimum atomic E-state index is -0.0975. The van der Waals surface area contributed by atoms with Crippen LogP contribution in [0.3, 0.4) is 0 Å². The van der Waals surface area contributed by atoms with Crippen molar-refractivity contribution in [2.24, 2.45) is 12.8 Å². The molecule has 0 aliphatic rings. The van der Waals surface area contributed by atoms with Gasteiger partial charge in [0, 0.05) is 17.7 Å². The number of thiophene rings is 1. The van der Waals surface area contributed by atoms with Crippen molar-refractivity contribution >= 4 is 33.2 Å². The van der Waals surface area contributed by atoms with Gasteiger partial charge in [-0.2, -0.15) is 5.10 Å². The van der Waals surface area contributed by atoms with Gasteiger partial charge in [0.2, 0.25) is 0 Å². The summed E-state index contributed by atoms with van der Waals surface area (Å²) >= 11 is 5.00. The van der Waals surface area contributed by atoms with Crippen molar-refractivity contribution in [1.82, 2.24) is 15.1 Å². The lowest BCUT2D eigenvalue weighted by Gasteiger charge is -2.18. The lowest BCUT2D eigenvalue weighted by Crippen LogP contribution is -2.29. The van der Waals surface area contributed by atoms with Crippen LogP contribution in [0.1, 0.15) is 27.7 Å². The Hall–Kier alpha value is -1.96. The van der Waals surface area contributed by atoms with Crippen LogP contribution in [0.5, 0.6) is 0 Å². The monoisotopic (exact) mass is 418 g/mol. The van der Waals surface area contributed by atoms with E-state index in [1.807, 2.05) is 49.5 Å². The number of halogens is 1. The van der Waals surface area contributed by atoms with E-state index in [4.69, 9.17) is 5.73 Å². The zero-order valence-corrected chi connectivity index (χ0v) is 16.2. The van der Waals surface area contributed by atoms with E-state index >= 15 is 0 Å². The van der Waals surface area contributed by atoms with Crippen LogP contribution in [0.15, 0.2) is 53.1 Å². The smallest absolute Gasteiger partial charge is 0.261 e. The molecule has 0 saturated carbocycles. The van der Waals surface area contributed by atoms with Crippen LogP contribution < -0.4 is 11.1 Å². The molecule has 7 heteroatoms. The molecule has 130 valence electrons.